The fourth-order valence-corrected chi connectivity index (χ4v) is 14.9. The van der Waals surface area contributed by atoms with E-state index in [9.17, 15) is 5.11 Å². The summed E-state index contributed by atoms with van der Waals surface area (Å²) < 4.78 is 13.2. The highest BCUT2D eigenvalue weighted by molar-refractivity contribution is 6.97. The van der Waals surface area contributed by atoms with E-state index in [1.54, 1.807) is 7.11 Å². The van der Waals surface area contributed by atoms with Gasteiger partial charge in [-0.05, 0) is 83.3 Å². The third-order valence-electron chi connectivity index (χ3n) is 7.36. The van der Waals surface area contributed by atoms with Crippen LogP contribution in [-0.4, -0.2) is 28.9 Å². The molecule has 2 unspecified atom stereocenters. The molecule has 0 spiro atoms. The molecule has 4 rings (SSSR count). The summed E-state index contributed by atoms with van der Waals surface area (Å²) >= 11 is 0. The molecule has 0 aliphatic heterocycles. The molecule has 37 heavy (non-hydrogen) atoms. The summed E-state index contributed by atoms with van der Waals surface area (Å²) in [4.78, 5) is 0. The van der Waals surface area contributed by atoms with Gasteiger partial charge in [0, 0.05) is 0 Å². The predicted octanol–water partition coefficient (Wildman–Crippen LogP) is 5.65. The average molecular weight is 527 g/mol. The second-order valence-corrected chi connectivity index (χ2v) is 18.0. The van der Waals surface area contributed by atoms with E-state index < -0.39 is 16.6 Å². The molecule has 0 heterocycles. The molecule has 2 atom stereocenters. The smallest absolute Gasteiger partial charge is 0.213 e. The van der Waals surface area contributed by atoms with Gasteiger partial charge in [0.2, 0.25) is 16.6 Å². The van der Waals surface area contributed by atoms with E-state index >= 15 is 0 Å². The molecule has 192 valence electrons. The van der Waals surface area contributed by atoms with Gasteiger partial charge >= 0.3 is 0 Å². The lowest BCUT2D eigenvalue weighted by Crippen LogP contribution is -2.63. The second kappa shape index (κ2) is 11.6. The average Bonchev–Trinajstić information content (AvgIpc) is 2.91. The maximum Gasteiger partial charge on any atom is 0.213 e. The van der Waals surface area contributed by atoms with Gasteiger partial charge < -0.3 is 14.0 Å². The number of methoxy groups -OCH3 is 1. The van der Waals surface area contributed by atoms with E-state index in [0.29, 0.717) is 0 Å². The highest BCUT2D eigenvalue weighted by atomic mass is 28.4. The first-order valence-corrected chi connectivity index (χ1v) is 18.1. The van der Waals surface area contributed by atoms with Crippen LogP contribution in [0.5, 0.6) is 5.75 Å². The van der Waals surface area contributed by atoms with Gasteiger partial charge in [-0.15, -0.1) is 0 Å². The zero-order valence-corrected chi connectivity index (χ0v) is 24.6. The molecular formula is C32H38O3Si2. The van der Waals surface area contributed by atoms with Crippen LogP contribution in [0.3, 0.4) is 0 Å². The summed E-state index contributed by atoms with van der Waals surface area (Å²) in [5.74, 6) is 0.918. The van der Waals surface area contributed by atoms with Crippen molar-refractivity contribution < 1.29 is 14.0 Å². The molecule has 3 nitrogen and oxygen atoms in total. The Labute approximate surface area is 224 Å². The normalized spacial score (nSPS) is 14.5. The van der Waals surface area contributed by atoms with E-state index in [2.05, 4.69) is 124 Å². The Morgan fingerprint density at radius 1 is 0.649 bits per heavy atom. The Balaban J connectivity index is 1.79. The lowest BCUT2D eigenvalue weighted by molar-refractivity contribution is 0.281. The summed E-state index contributed by atoms with van der Waals surface area (Å²) in [6, 6.07) is 36.2. The van der Waals surface area contributed by atoms with Crippen molar-refractivity contribution in [1.82, 2.24) is 0 Å². The van der Waals surface area contributed by atoms with Crippen molar-refractivity contribution in [2.45, 2.75) is 45.6 Å². The minimum Gasteiger partial charge on any atom is -0.496 e. The molecule has 4 aromatic carbocycles. The fraction of sp³-hybridized carbons (Fsp3) is 0.250. The summed E-state index contributed by atoms with van der Waals surface area (Å²) in [7, 11) is -3.21. The topological polar surface area (TPSA) is 38.7 Å². The van der Waals surface area contributed by atoms with Gasteiger partial charge in [-0.3, -0.25) is 0 Å². The molecule has 0 saturated heterocycles. The van der Waals surface area contributed by atoms with Crippen LogP contribution in [-0.2, 0) is 22.8 Å². The van der Waals surface area contributed by atoms with Crippen LogP contribution in [0.4, 0.5) is 0 Å². The minimum atomic E-state index is -2.48. The van der Waals surface area contributed by atoms with Gasteiger partial charge in [0.1, 0.15) is 5.75 Å². The van der Waals surface area contributed by atoms with Gasteiger partial charge in [-0.25, -0.2) is 0 Å². The van der Waals surface area contributed by atoms with Gasteiger partial charge in [-0.2, -0.15) is 0 Å². The highest BCUT2D eigenvalue weighted by Gasteiger charge is 2.42. The number of hydrogen-bond donors (Lipinski definition) is 1. The van der Waals surface area contributed by atoms with Crippen LogP contribution in [0.25, 0.3) is 0 Å². The Morgan fingerprint density at radius 3 is 1.62 bits per heavy atom. The van der Waals surface area contributed by atoms with Crippen LogP contribution in [0, 0.1) is 13.8 Å². The summed E-state index contributed by atoms with van der Waals surface area (Å²) in [6.07, 6.45) is 0. The van der Waals surface area contributed by atoms with Crippen molar-refractivity contribution in [3.8, 4) is 5.75 Å². The number of benzene rings is 4. The Kier molecular flexibility index (Phi) is 8.50. The van der Waals surface area contributed by atoms with Crippen LogP contribution >= 0.6 is 0 Å². The largest absolute Gasteiger partial charge is 0.496 e. The molecule has 0 amide bonds. The Hall–Kier alpha value is -2.97. The summed E-state index contributed by atoms with van der Waals surface area (Å²) in [5.41, 5.74) is 5.69. The van der Waals surface area contributed by atoms with E-state index in [1.165, 1.54) is 21.5 Å². The Bertz CT molecular complexity index is 1220. The molecule has 0 fully saturated rings. The van der Waals surface area contributed by atoms with E-state index in [1.807, 2.05) is 0 Å². The molecule has 0 aromatic heterocycles. The van der Waals surface area contributed by atoms with Gasteiger partial charge in [-0.1, -0.05) is 91.0 Å². The number of aryl methyl sites for hydroxylation is 2. The second-order valence-electron chi connectivity index (χ2n) is 10.4. The lowest BCUT2D eigenvalue weighted by atomic mass is 10.1. The van der Waals surface area contributed by atoms with Crippen molar-refractivity contribution in [2.24, 2.45) is 0 Å². The van der Waals surface area contributed by atoms with Crippen LogP contribution < -0.4 is 15.1 Å². The number of rotatable bonds is 10. The minimum absolute atomic E-state index is 0.0515. The van der Waals surface area contributed by atoms with E-state index in [-0.39, 0.29) is 6.61 Å². The standard InChI is InChI=1S/C32H38O3Si2/c1-25-16-18-27(20-29(25)22-33)23-36(4,30-12-8-6-9-13-30)35-37(5,31-14-10-7-11-15-31)24-28-19-17-26(2)32(21-28)34-3/h6-21,33H,22-24H2,1-5H3. The first-order chi connectivity index (χ1) is 17.8. The molecule has 0 saturated carbocycles. The monoisotopic (exact) mass is 526 g/mol. The van der Waals surface area contributed by atoms with E-state index in [4.69, 9.17) is 8.85 Å². The van der Waals surface area contributed by atoms with Crippen molar-refractivity contribution in [1.29, 1.82) is 0 Å². The zero-order valence-electron chi connectivity index (χ0n) is 22.6. The lowest BCUT2D eigenvalue weighted by Gasteiger charge is -2.39. The number of aliphatic hydroxyl groups is 1. The van der Waals surface area contributed by atoms with Crippen molar-refractivity contribution >= 4 is 27.0 Å². The molecule has 0 aliphatic rings. The van der Waals surface area contributed by atoms with Crippen LogP contribution in [0.2, 0.25) is 13.1 Å². The number of ether oxygens (including phenoxy) is 1. The third-order valence-corrected chi connectivity index (χ3v) is 16.2. The first kappa shape index (κ1) is 27.1. The molecule has 5 heteroatoms. The maximum atomic E-state index is 9.90. The third kappa shape index (κ3) is 6.31. The SMILES string of the molecule is COc1cc(C[Si](C)(O[Si](C)(Cc2ccc(C)c(CO)c2)c2ccccc2)c2ccccc2)ccc1C. The van der Waals surface area contributed by atoms with Crippen molar-refractivity contribution in [3.05, 3.63) is 125 Å². The summed E-state index contributed by atoms with van der Waals surface area (Å²) in [6.45, 7) is 8.89. The maximum absolute atomic E-state index is 9.90. The molecule has 0 radical (unpaired) electrons. The molecule has 4 aromatic rings. The molecule has 0 bridgehead atoms. The molecular weight excluding hydrogens is 489 g/mol. The predicted molar refractivity (Wildman–Crippen MR) is 159 cm³/mol. The number of hydrogen-bond acceptors (Lipinski definition) is 3. The fourth-order valence-electron chi connectivity index (χ4n) is 5.23. The summed E-state index contributed by atoms with van der Waals surface area (Å²) in [5, 5.41) is 12.5. The zero-order chi connectivity index (χ0) is 26.5. The van der Waals surface area contributed by atoms with E-state index in [0.717, 1.165) is 34.5 Å². The van der Waals surface area contributed by atoms with Crippen molar-refractivity contribution in [2.75, 3.05) is 7.11 Å². The molecule has 0 aliphatic carbocycles. The Morgan fingerprint density at radius 2 is 1.14 bits per heavy atom. The van der Waals surface area contributed by atoms with Crippen LogP contribution in [0.1, 0.15) is 27.8 Å². The quantitative estimate of drug-likeness (QED) is 0.272. The van der Waals surface area contributed by atoms with Gasteiger partial charge in [0.05, 0.1) is 13.7 Å². The first-order valence-electron chi connectivity index (χ1n) is 12.9. The molecule has 1 N–H and O–H groups in total. The number of aliphatic hydroxyl groups excluding tert-OH is 1. The van der Waals surface area contributed by atoms with Gasteiger partial charge in [0.25, 0.3) is 0 Å². The van der Waals surface area contributed by atoms with Crippen molar-refractivity contribution in [3.63, 3.8) is 0 Å². The van der Waals surface area contributed by atoms with Gasteiger partial charge in [0.15, 0.2) is 0 Å². The highest BCUT2D eigenvalue weighted by Crippen LogP contribution is 2.26. The van der Waals surface area contributed by atoms with Crippen LogP contribution in [0.15, 0.2) is 97.1 Å².